The lowest BCUT2D eigenvalue weighted by Gasteiger charge is -2.08. The van der Waals surface area contributed by atoms with Gasteiger partial charge in [-0.15, -0.1) is 0 Å². The Bertz CT molecular complexity index is 441. The van der Waals surface area contributed by atoms with Gasteiger partial charge in [-0.2, -0.15) is 0 Å². The smallest absolute Gasteiger partial charge is 0.318 e. The molecule has 1 rings (SSSR count). The van der Waals surface area contributed by atoms with E-state index in [1.807, 2.05) is 44.2 Å². The zero-order valence-corrected chi connectivity index (χ0v) is 12.9. The number of nitrogens with one attached hydrogen (secondary N) is 2. The molecule has 5 nitrogen and oxygen atoms in total. The molecule has 0 aliphatic heterocycles. The number of carbonyl (C=O) groups is 1. The van der Waals surface area contributed by atoms with Crippen molar-refractivity contribution in [1.82, 2.24) is 10.6 Å². The Morgan fingerprint density at radius 3 is 2.62 bits per heavy atom. The fourth-order valence-electron chi connectivity index (χ4n) is 1.57. The summed E-state index contributed by atoms with van der Waals surface area (Å²) in [6.07, 6.45) is 4.46. The van der Waals surface area contributed by atoms with E-state index in [4.69, 9.17) is 9.47 Å². The zero-order chi connectivity index (χ0) is 15.5. The number of rotatable bonds is 8. The summed E-state index contributed by atoms with van der Waals surface area (Å²) in [5, 5.41) is 5.42. The summed E-state index contributed by atoms with van der Waals surface area (Å²) in [6.45, 7) is 5.22. The second-order valence-electron chi connectivity index (χ2n) is 4.78. The second-order valence-corrected chi connectivity index (χ2v) is 4.78. The summed E-state index contributed by atoms with van der Waals surface area (Å²) >= 11 is 0. The Morgan fingerprint density at radius 1 is 1.29 bits per heavy atom. The molecule has 0 aliphatic carbocycles. The van der Waals surface area contributed by atoms with Gasteiger partial charge in [-0.3, -0.25) is 0 Å². The first-order valence-corrected chi connectivity index (χ1v) is 7.08. The van der Waals surface area contributed by atoms with Crippen LogP contribution in [-0.4, -0.2) is 32.4 Å². The minimum atomic E-state index is -0.218. The van der Waals surface area contributed by atoms with Gasteiger partial charge in [0.2, 0.25) is 0 Å². The van der Waals surface area contributed by atoms with E-state index >= 15 is 0 Å². The summed E-state index contributed by atoms with van der Waals surface area (Å²) < 4.78 is 10.5. The molecule has 0 fully saturated rings. The number of carbonyl (C=O) groups excluding carboxylic acids is 1. The second kappa shape index (κ2) is 9.83. The third kappa shape index (κ3) is 7.99. The van der Waals surface area contributed by atoms with E-state index in [0.29, 0.717) is 13.2 Å². The predicted octanol–water partition coefficient (Wildman–Crippen LogP) is 2.78. The molecule has 2 N–H and O–H groups in total. The fraction of sp³-hybridized carbons (Fsp3) is 0.438. The lowest BCUT2D eigenvalue weighted by molar-refractivity contribution is 0.0774. The average Bonchev–Trinajstić information content (AvgIpc) is 2.47. The van der Waals surface area contributed by atoms with Crippen molar-refractivity contribution in [3.63, 3.8) is 0 Å². The number of ether oxygens (including phenoxy) is 2. The minimum Gasteiger partial charge on any atom is -0.497 e. The Kier molecular flexibility index (Phi) is 7.97. The highest BCUT2D eigenvalue weighted by Gasteiger charge is 1.97. The normalized spacial score (nSPS) is 10.9. The van der Waals surface area contributed by atoms with Crippen LogP contribution in [0.15, 0.2) is 30.5 Å². The molecule has 0 aliphatic rings. The van der Waals surface area contributed by atoms with Crippen LogP contribution < -0.4 is 15.4 Å². The topological polar surface area (TPSA) is 59.6 Å². The Hall–Kier alpha value is -2.01. The number of urea groups is 1. The molecule has 0 saturated heterocycles. The Labute approximate surface area is 126 Å². The largest absolute Gasteiger partial charge is 0.497 e. The molecule has 0 atom stereocenters. The molecule has 0 saturated carbocycles. The average molecular weight is 292 g/mol. The van der Waals surface area contributed by atoms with E-state index in [1.165, 1.54) is 0 Å². The number of hydrogen-bond acceptors (Lipinski definition) is 3. The molecular formula is C16H24N2O3. The molecule has 21 heavy (non-hydrogen) atoms. The summed E-state index contributed by atoms with van der Waals surface area (Å²) in [5.74, 6) is 0.807. The van der Waals surface area contributed by atoms with Crippen molar-refractivity contribution < 1.29 is 14.3 Å². The van der Waals surface area contributed by atoms with Gasteiger partial charge >= 0.3 is 6.03 Å². The van der Waals surface area contributed by atoms with Gasteiger partial charge in [0.25, 0.3) is 0 Å². The molecule has 0 radical (unpaired) electrons. The molecule has 1 aromatic carbocycles. The molecule has 116 valence electrons. The van der Waals surface area contributed by atoms with Crippen molar-refractivity contribution in [1.29, 1.82) is 0 Å². The molecule has 2 amide bonds. The predicted molar refractivity (Wildman–Crippen MR) is 84.3 cm³/mol. The maximum Gasteiger partial charge on any atom is 0.318 e. The van der Waals surface area contributed by atoms with Crippen molar-refractivity contribution in [3.05, 3.63) is 36.0 Å². The summed E-state index contributed by atoms with van der Waals surface area (Å²) in [7, 11) is 1.63. The summed E-state index contributed by atoms with van der Waals surface area (Å²) in [4.78, 5) is 11.5. The first-order chi connectivity index (χ1) is 10.1. The Morgan fingerprint density at radius 2 is 2.00 bits per heavy atom. The summed E-state index contributed by atoms with van der Waals surface area (Å²) in [5.41, 5.74) is 0.987. The van der Waals surface area contributed by atoms with Crippen LogP contribution in [-0.2, 0) is 4.74 Å². The first kappa shape index (κ1) is 17.0. The molecule has 1 aromatic rings. The van der Waals surface area contributed by atoms with E-state index in [0.717, 1.165) is 17.7 Å². The van der Waals surface area contributed by atoms with Crippen LogP contribution in [0.4, 0.5) is 4.79 Å². The van der Waals surface area contributed by atoms with E-state index in [2.05, 4.69) is 10.6 Å². The highest BCUT2D eigenvalue weighted by molar-refractivity contribution is 5.75. The lowest BCUT2D eigenvalue weighted by Crippen LogP contribution is -2.33. The SMILES string of the molecule is COc1ccc(/C=C/NC(=O)NCCCOC(C)C)cc1. The monoisotopic (exact) mass is 292 g/mol. The zero-order valence-electron chi connectivity index (χ0n) is 12.9. The Balaban J connectivity index is 2.18. The van der Waals surface area contributed by atoms with E-state index in [9.17, 15) is 4.79 Å². The van der Waals surface area contributed by atoms with Gasteiger partial charge in [0.05, 0.1) is 13.2 Å². The first-order valence-electron chi connectivity index (χ1n) is 7.08. The van der Waals surface area contributed by atoms with Gasteiger partial charge in [-0.1, -0.05) is 12.1 Å². The molecule has 0 unspecified atom stereocenters. The standard InChI is InChI=1S/C16H24N2O3/c1-13(2)21-12-4-10-17-16(19)18-11-9-14-5-7-15(20-3)8-6-14/h5-9,11,13H,4,10,12H2,1-3H3,(H2,17,18,19)/b11-9+. The van der Waals surface area contributed by atoms with Crippen LogP contribution in [0, 0.1) is 0 Å². The lowest BCUT2D eigenvalue weighted by atomic mass is 10.2. The number of methoxy groups -OCH3 is 1. The molecular weight excluding hydrogens is 268 g/mol. The van der Waals surface area contributed by atoms with Gasteiger partial charge in [0.15, 0.2) is 0 Å². The number of amides is 2. The number of benzene rings is 1. The van der Waals surface area contributed by atoms with Crippen molar-refractivity contribution in [3.8, 4) is 5.75 Å². The van der Waals surface area contributed by atoms with Gasteiger partial charge in [0, 0.05) is 19.4 Å². The van der Waals surface area contributed by atoms with Crippen LogP contribution in [0.1, 0.15) is 25.8 Å². The van der Waals surface area contributed by atoms with E-state index in [1.54, 1.807) is 13.3 Å². The van der Waals surface area contributed by atoms with Crippen LogP contribution in [0.25, 0.3) is 6.08 Å². The number of hydrogen-bond donors (Lipinski definition) is 2. The van der Waals surface area contributed by atoms with Crippen LogP contribution in [0.2, 0.25) is 0 Å². The molecule has 0 spiro atoms. The highest BCUT2D eigenvalue weighted by atomic mass is 16.5. The molecule has 0 aromatic heterocycles. The fourth-order valence-corrected chi connectivity index (χ4v) is 1.57. The van der Waals surface area contributed by atoms with Gasteiger partial charge < -0.3 is 20.1 Å². The maximum absolute atomic E-state index is 11.5. The van der Waals surface area contributed by atoms with Crippen molar-refractivity contribution >= 4 is 12.1 Å². The molecule has 0 bridgehead atoms. The highest BCUT2D eigenvalue weighted by Crippen LogP contribution is 2.11. The van der Waals surface area contributed by atoms with Crippen LogP contribution in [0.5, 0.6) is 5.75 Å². The third-order valence-corrected chi connectivity index (χ3v) is 2.66. The van der Waals surface area contributed by atoms with Gasteiger partial charge in [0.1, 0.15) is 5.75 Å². The molecule has 0 heterocycles. The van der Waals surface area contributed by atoms with Crippen molar-refractivity contribution in [2.45, 2.75) is 26.4 Å². The van der Waals surface area contributed by atoms with Crippen LogP contribution >= 0.6 is 0 Å². The van der Waals surface area contributed by atoms with Crippen molar-refractivity contribution in [2.24, 2.45) is 0 Å². The third-order valence-electron chi connectivity index (χ3n) is 2.66. The quantitative estimate of drug-likeness (QED) is 0.724. The molecule has 5 heteroatoms. The maximum atomic E-state index is 11.5. The van der Waals surface area contributed by atoms with E-state index in [-0.39, 0.29) is 12.1 Å². The van der Waals surface area contributed by atoms with Crippen molar-refractivity contribution in [2.75, 3.05) is 20.3 Å². The van der Waals surface area contributed by atoms with Gasteiger partial charge in [-0.05, 0) is 44.0 Å². The summed E-state index contributed by atoms with van der Waals surface area (Å²) in [6, 6.07) is 7.35. The minimum absolute atomic E-state index is 0.218. The van der Waals surface area contributed by atoms with E-state index < -0.39 is 0 Å². The van der Waals surface area contributed by atoms with Gasteiger partial charge in [-0.25, -0.2) is 4.79 Å². The van der Waals surface area contributed by atoms with Crippen LogP contribution in [0.3, 0.4) is 0 Å².